The van der Waals surface area contributed by atoms with Crippen molar-refractivity contribution in [2.24, 2.45) is 4.99 Å². The normalized spacial score (nSPS) is 16.2. The standard InChI is InChI=1S/C25H13Br2NO8/c26-15-5-14(6-17-25(30)36-23(28-17)12-1-3-18-20(7-12)33-10-31-18)22(16(27)9-15)35-24(29)13-2-4-19-21(8-13)34-11-32-19/h1-9H,10-11H2/b17-6+. The van der Waals surface area contributed by atoms with Crippen LogP contribution in [0.15, 0.2) is 68.2 Å². The van der Waals surface area contributed by atoms with Crippen LogP contribution in [0.4, 0.5) is 0 Å². The van der Waals surface area contributed by atoms with E-state index in [1.54, 1.807) is 48.5 Å². The SMILES string of the molecule is O=C1OC(c2ccc3c(c2)OCO3)=N/C1=C/c1cc(Br)cc(Br)c1OC(=O)c1ccc2c(c1)OCO2. The summed E-state index contributed by atoms with van der Waals surface area (Å²) in [6, 6.07) is 13.3. The van der Waals surface area contributed by atoms with Gasteiger partial charge in [0.25, 0.3) is 0 Å². The molecule has 0 atom stereocenters. The highest BCUT2D eigenvalue weighted by atomic mass is 79.9. The Hall–Kier alpha value is -3.83. The number of carbonyl (C=O) groups is 2. The second kappa shape index (κ2) is 8.99. The highest BCUT2D eigenvalue weighted by Crippen LogP contribution is 2.38. The topological polar surface area (TPSA) is 102 Å². The molecule has 0 N–H and O–H groups in total. The first-order valence-corrected chi connectivity index (χ1v) is 12.1. The second-order valence-corrected chi connectivity index (χ2v) is 9.44. The fraction of sp³-hybridized carbons (Fsp3) is 0.0800. The summed E-state index contributed by atoms with van der Waals surface area (Å²) in [7, 11) is 0. The van der Waals surface area contributed by atoms with Crippen LogP contribution in [0.3, 0.4) is 0 Å². The van der Waals surface area contributed by atoms with Gasteiger partial charge in [0, 0.05) is 15.6 Å². The molecule has 0 fully saturated rings. The summed E-state index contributed by atoms with van der Waals surface area (Å²) in [5.41, 5.74) is 1.29. The van der Waals surface area contributed by atoms with Crippen molar-refractivity contribution in [3.8, 4) is 28.7 Å². The molecule has 0 saturated carbocycles. The number of cyclic esters (lactones) is 1. The number of halogens is 2. The van der Waals surface area contributed by atoms with Crippen molar-refractivity contribution in [2.75, 3.05) is 13.6 Å². The molecule has 6 rings (SSSR count). The largest absolute Gasteiger partial charge is 0.454 e. The zero-order chi connectivity index (χ0) is 24.8. The minimum atomic E-state index is -0.646. The van der Waals surface area contributed by atoms with E-state index in [0.29, 0.717) is 43.1 Å². The second-order valence-electron chi connectivity index (χ2n) is 7.67. The number of carbonyl (C=O) groups excluding carboxylic acids is 2. The van der Waals surface area contributed by atoms with Crippen LogP contribution in [-0.4, -0.2) is 31.4 Å². The molecule has 0 bridgehead atoms. The maximum Gasteiger partial charge on any atom is 0.363 e. The molecule has 9 nitrogen and oxygen atoms in total. The third kappa shape index (κ3) is 4.20. The molecule has 11 heteroatoms. The smallest absolute Gasteiger partial charge is 0.363 e. The lowest BCUT2D eigenvalue weighted by Gasteiger charge is -2.11. The number of fused-ring (bicyclic) bond motifs is 2. The highest BCUT2D eigenvalue weighted by Gasteiger charge is 2.27. The molecule has 3 aromatic rings. The number of hydrogen-bond acceptors (Lipinski definition) is 9. The molecule has 3 aromatic carbocycles. The molecule has 36 heavy (non-hydrogen) atoms. The van der Waals surface area contributed by atoms with E-state index < -0.39 is 11.9 Å². The van der Waals surface area contributed by atoms with Gasteiger partial charge in [-0.3, -0.25) is 0 Å². The summed E-state index contributed by atoms with van der Waals surface area (Å²) < 4.78 is 33.6. The Morgan fingerprint density at radius 3 is 2.36 bits per heavy atom. The molecule has 0 radical (unpaired) electrons. The molecular formula is C25H13Br2NO8. The maximum absolute atomic E-state index is 12.9. The van der Waals surface area contributed by atoms with Crippen LogP contribution >= 0.6 is 31.9 Å². The number of benzene rings is 3. The third-order valence-electron chi connectivity index (χ3n) is 5.37. The maximum atomic E-state index is 12.9. The van der Waals surface area contributed by atoms with Crippen LogP contribution in [0, 0.1) is 0 Å². The Labute approximate surface area is 220 Å². The highest BCUT2D eigenvalue weighted by molar-refractivity contribution is 9.11. The van der Waals surface area contributed by atoms with E-state index in [4.69, 9.17) is 28.4 Å². The van der Waals surface area contributed by atoms with E-state index in [1.807, 2.05) is 0 Å². The average molecular weight is 615 g/mol. The molecular weight excluding hydrogens is 602 g/mol. The van der Waals surface area contributed by atoms with Crippen molar-refractivity contribution in [3.05, 3.63) is 79.9 Å². The number of nitrogens with zero attached hydrogens (tertiary/aromatic N) is 1. The lowest BCUT2D eigenvalue weighted by atomic mass is 10.1. The molecule has 180 valence electrons. The monoisotopic (exact) mass is 613 g/mol. The molecule has 0 spiro atoms. The zero-order valence-corrected chi connectivity index (χ0v) is 21.3. The van der Waals surface area contributed by atoms with Gasteiger partial charge in [-0.2, -0.15) is 0 Å². The molecule has 0 aromatic heterocycles. The number of esters is 2. The van der Waals surface area contributed by atoms with Crippen molar-refractivity contribution in [3.63, 3.8) is 0 Å². The van der Waals surface area contributed by atoms with Gasteiger partial charge >= 0.3 is 11.9 Å². The van der Waals surface area contributed by atoms with Gasteiger partial charge in [-0.15, -0.1) is 0 Å². The first-order valence-electron chi connectivity index (χ1n) is 10.5. The molecule has 0 saturated heterocycles. The van der Waals surface area contributed by atoms with Crippen LogP contribution in [0.25, 0.3) is 6.08 Å². The van der Waals surface area contributed by atoms with E-state index in [0.717, 1.165) is 0 Å². The number of aliphatic imine (C=N–C) groups is 1. The van der Waals surface area contributed by atoms with Crippen LogP contribution in [0.2, 0.25) is 0 Å². The lowest BCUT2D eigenvalue weighted by Crippen LogP contribution is -2.10. The van der Waals surface area contributed by atoms with E-state index in [9.17, 15) is 9.59 Å². The van der Waals surface area contributed by atoms with Crippen LogP contribution < -0.4 is 23.7 Å². The molecule has 3 aliphatic rings. The third-order valence-corrected chi connectivity index (χ3v) is 6.42. The van der Waals surface area contributed by atoms with Gasteiger partial charge in [-0.25, -0.2) is 14.6 Å². The molecule has 0 aliphatic carbocycles. The molecule has 3 heterocycles. The first kappa shape index (κ1) is 22.6. The van der Waals surface area contributed by atoms with Crippen molar-refractivity contribution in [1.82, 2.24) is 0 Å². The van der Waals surface area contributed by atoms with Crippen molar-refractivity contribution in [2.45, 2.75) is 0 Å². The van der Waals surface area contributed by atoms with Gasteiger partial charge in [0.2, 0.25) is 19.5 Å². The predicted molar refractivity (Wildman–Crippen MR) is 133 cm³/mol. The van der Waals surface area contributed by atoms with Crippen molar-refractivity contribution in [1.29, 1.82) is 0 Å². The Morgan fingerprint density at radius 2 is 1.58 bits per heavy atom. The Kier molecular flexibility index (Phi) is 5.65. The minimum absolute atomic E-state index is 0.0352. The van der Waals surface area contributed by atoms with Crippen molar-refractivity contribution < 1.29 is 38.0 Å². The van der Waals surface area contributed by atoms with Crippen LogP contribution in [-0.2, 0) is 9.53 Å². The minimum Gasteiger partial charge on any atom is -0.454 e. The Bertz CT molecular complexity index is 1510. The van der Waals surface area contributed by atoms with Crippen LogP contribution in [0.1, 0.15) is 21.5 Å². The average Bonchev–Trinajstić information content (AvgIpc) is 3.60. The Balaban J connectivity index is 1.32. The first-order chi connectivity index (χ1) is 17.4. The van der Waals surface area contributed by atoms with Gasteiger partial charge in [-0.05, 0) is 70.5 Å². The van der Waals surface area contributed by atoms with Crippen LogP contribution in [0.5, 0.6) is 28.7 Å². The molecule has 0 unspecified atom stereocenters. The van der Waals surface area contributed by atoms with E-state index in [-0.39, 0.29) is 36.5 Å². The molecule has 0 amide bonds. The number of rotatable bonds is 4. The Morgan fingerprint density at radius 1 is 0.889 bits per heavy atom. The fourth-order valence-electron chi connectivity index (χ4n) is 3.68. The summed E-state index contributed by atoms with van der Waals surface area (Å²) >= 11 is 6.86. The van der Waals surface area contributed by atoms with Gasteiger partial charge < -0.3 is 28.4 Å². The van der Waals surface area contributed by atoms with Gasteiger partial charge in [-0.1, -0.05) is 15.9 Å². The number of hydrogen-bond donors (Lipinski definition) is 0. The number of ether oxygens (including phenoxy) is 6. The fourth-order valence-corrected chi connectivity index (χ4v) is 5.02. The lowest BCUT2D eigenvalue weighted by molar-refractivity contribution is -0.129. The van der Waals surface area contributed by atoms with Gasteiger partial charge in [0.15, 0.2) is 34.4 Å². The van der Waals surface area contributed by atoms with Gasteiger partial charge in [0.1, 0.15) is 0 Å². The zero-order valence-electron chi connectivity index (χ0n) is 18.1. The van der Waals surface area contributed by atoms with Crippen molar-refractivity contribution >= 4 is 55.8 Å². The van der Waals surface area contributed by atoms with E-state index in [1.165, 1.54) is 6.08 Å². The van der Waals surface area contributed by atoms with E-state index in [2.05, 4.69) is 36.9 Å². The predicted octanol–water partition coefficient (Wildman–Crippen LogP) is 5.23. The summed E-state index contributed by atoms with van der Waals surface area (Å²) in [4.78, 5) is 29.9. The van der Waals surface area contributed by atoms with E-state index >= 15 is 0 Å². The summed E-state index contributed by atoms with van der Waals surface area (Å²) in [5, 5.41) is 0. The molecule has 3 aliphatic heterocycles. The quantitative estimate of drug-likeness (QED) is 0.224. The summed E-state index contributed by atoms with van der Waals surface area (Å²) in [5.74, 6) is 1.22. The summed E-state index contributed by atoms with van der Waals surface area (Å²) in [6.45, 7) is 0.219. The summed E-state index contributed by atoms with van der Waals surface area (Å²) in [6.07, 6.45) is 1.49. The van der Waals surface area contributed by atoms with Gasteiger partial charge in [0.05, 0.1) is 10.0 Å².